The highest BCUT2D eigenvalue weighted by Gasteiger charge is 2.02. The minimum atomic E-state index is -0.127. The first-order chi connectivity index (χ1) is 9.76. The minimum absolute atomic E-state index is 0.127. The van der Waals surface area contributed by atoms with Crippen LogP contribution in [-0.4, -0.2) is 39.3 Å². The number of ether oxygens (including phenoxy) is 2. The summed E-state index contributed by atoms with van der Waals surface area (Å²) >= 11 is 0. The van der Waals surface area contributed by atoms with Gasteiger partial charge in [-0.3, -0.25) is 10.1 Å². The zero-order chi connectivity index (χ0) is 14.6. The van der Waals surface area contributed by atoms with Crippen LogP contribution >= 0.6 is 0 Å². The van der Waals surface area contributed by atoms with Gasteiger partial charge < -0.3 is 14.8 Å². The van der Waals surface area contributed by atoms with Crippen LogP contribution in [0.3, 0.4) is 0 Å². The number of carbonyl (C=O) groups is 1. The van der Waals surface area contributed by atoms with Crippen molar-refractivity contribution < 1.29 is 14.3 Å². The van der Waals surface area contributed by atoms with Gasteiger partial charge in [0.15, 0.2) is 0 Å². The summed E-state index contributed by atoms with van der Waals surface area (Å²) in [5.74, 6) is 2.28. The minimum Gasteiger partial charge on any atom is -0.382 e. The Kier molecular flexibility index (Phi) is 8.08. The Bertz CT molecular complexity index is 455. The zero-order valence-corrected chi connectivity index (χ0v) is 11.6. The summed E-state index contributed by atoms with van der Waals surface area (Å²) in [6, 6.07) is 7.53. The molecule has 0 atom stereocenters. The molecule has 1 rings (SSSR count). The van der Waals surface area contributed by atoms with Gasteiger partial charge in [-0.15, -0.1) is 6.42 Å². The zero-order valence-electron chi connectivity index (χ0n) is 11.6. The highest BCUT2D eigenvalue weighted by molar-refractivity contribution is 5.92. The van der Waals surface area contributed by atoms with Crippen LogP contribution in [0.4, 0.5) is 5.69 Å². The van der Waals surface area contributed by atoms with Crippen LogP contribution < -0.4 is 10.6 Å². The normalized spacial score (nSPS) is 10.0. The van der Waals surface area contributed by atoms with Crippen molar-refractivity contribution in [3.05, 3.63) is 29.8 Å². The molecule has 5 heteroatoms. The van der Waals surface area contributed by atoms with Crippen molar-refractivity contribution in [2.45, 2.75) is 6.61 Å². The van der Waals surface area contributed by atoms with E-state index in [9.17, 15) is 4.79 Å². The second-order valence-electron chi connectivity index (χ2n) is 4.10. The number of hydrogen-bond acceptors (Lipinski definition) is 4. The quantitative estimate of drug-likeness (QED) is 0.522. The molecule has 20 heavy (non-hydrogen) atoms. The van der Waals surface area contributed by atoms with Gasteiger partial charge in [0.2, 0.25) is 5.91 Å². The number of rotatable bonds is 9. The molecule has 0 saturated carbocycles. The maximum Gasteiger partial charge on any atom is 0.238 e. The lowest BCUT2D eigenvalue weighted by atomic mass is 10.2. The third-order valence-electron chi connectivity index (χ3n) is 2.42. The fourth-order valence-corrected chi connectivity index (χ4v) is 1.52. The Balaban J connectivity index is 2.39. The van der Waals surface area contributed by atoms with Gasteiger partial charge >= 0.3 is 0 Å². The van der Waals surface area contributed by atoms with Crippen molar-refractivity contribution in [1.29, 1.82) is 0 Å². The molecule has 0 heterocycles. The SMILES string of the molecule is C#CCNCC(=O)Nc1cccc(COCCOC)c1. The molecule has 0 unspecified atom stereocenters. The summed E-state index contributed by atoms with van der Waals surface area (Å²) in [6.45, 7) is 2.17. The van der Waals surface area contributed by atoms with Gasteiger partial charge in [0, 0.05) is 12.8 Å². The van der Waals surface area contributed by atoms with Crippen molar-refractivity contribution in [2.75, 3.05) is 38.7 Å². The van der Waals surface area contributed by atoms with Gasteiger partial charge in [0.05, 0.1) is 32.9 Å². The van der Waals surface area contributed by atoms with Gasteiger partial charge in [-0.25, -0.2) is 0 Å². The molecule has 1 aromatic rings. The maximum atomic E-state index is 11.6. The van der Waals surface area contributed by atoms with Crippen LogP contribution in [0.5, 0.6) is 0 Å². The van der Waals surface area contributed by atoms with E-state index >= 15 is 0 Å². The molecule has 1 aromatic carbocycles. The molecule has 0 saturated heterocycles. The Hall–Kier alpha value is -1.87. The molecule has 1 amide bonds. The summed E-state index contributed by atoms with van der Waals surface area (Å²) in [4.78, 5) is 11.6. The van der Waals surface area contributed by atoms with Crippen LogP contribution in [0.2, 0.25) is 0 Å². The van der Waals surface area contributed by atoms with E-state index < -0.39 is 0 Å². The van der Waals surface area contributed by atoms with E-state index in [1.165, 1.54) is 0 Å². The Morgan fingerprint density at radius 3 is 3.00 bits per heavy atom. The third kappa shape index (κ3) is 6.90. The number of carbonyl (C=O) groups excluding carboxylic acids is 1. The predicted octanol–water partition coefficient (Wildman–Crippen LogP) is 1.01. The summed E-state index contributed by atoms with van der Waals surface area (Å²) in [6.07, 6.45) is 5.09. The third-order valence-corrected chi connectivity index (χ3v) is 2.42. The van der Waals surface area contributed by atoms with Crippen molar-refractivity contribution >= 4 is 11.6 Å². The first-order valence-corrected chi connectivity index (χ1v) is 6.36. The predicted molar refractivity (Wildman–Crippen MR) is 78.3 cm³/mol. The average molecular weight is 276 g/mol. The van der Waals surface area contributed by atoms with Gasteiger partial charge in [-0.1, -0.05) is 18.1 Å². The maximum absolute atomic E-state index is 11.6. The first-order valence-electron chi connectivity index (χ1n) is 6.36. The highest BCUT2D eigenvalue weighted by Crippen LogP contribution is 2.11. The van der Waals surface area contributed by atoms with Crippen molar-refractivity contribution in [2.24, 2.45) is 0 Å². The van der Waals surface area contributed by atoms with Crippen LogP contribution in [0.15, 0.2) is 24.3 Å². The van der Waals surface area contributed by atoms with Crippen molar-refractivity contribution in [3.63, 3.8) is 0 Å². The number of terminal acetylenes is 1. The smallest absolute Gasteiger partial charge is 0.238 e. The van der Waals surface area contributed by atoms with Crippen molar-refractivity contribution in [3.8, 4) is 12.3 Å². The van der Waals surface area contributed by atoms with E-state index in [4.69, 9.17) is 15.9 Å². The summed E-state index contributed by atoms with van der Waals surface area (Å²) in [5, 5.41) is 5.62. The number of amides is 1. The second kappa shape index (κ2) is 9.98. The molecule has 0 radical (unpaired) electrons. The van der Waals surface area contributed by atoms with Crippen LogP contribution in [0, 0.1) is 12.3 Å². The van der Waals surface area contributed by atoms with E-state index in [1.807, 2.05) is 24.3 Å². The number of methoxy groups -OCH3 is 1. The fourth-order valence-electron chi connectivity index (χ4n) is 1.52. The standard InChI is InChI=1S/C15H20N2O3/c1-3-7-16-11-15(18)17-14-6-4-5-13(10-14)12-20-9-8-19-2/h1,4-6,10,16H,7-9,11-12H2,2H3,(H,17,18). The molecule has 0 bridgehead atoms. The molecule has 2 N–H and O–H groups in total. The molecule has 0 fully saturated rings. The summed E-state index contributed by atoms with van der Waals surface area (Å²) in [5.41, 5.74) is 1.74. The van der Waals surface area contributed by atoms with Crippen LogP contribution in [0.1, 0.15) is 5.56 Å². The first kappa shape index (κ1) is 16.2. The average Bonchev–Trinajstić information content (AvgIpc) is 2.44. The molecule has 0 spiro atoms. The molecule has 0 aromatic heterocycles. The van der Waals surface area contributed by atoms with E-state index in [-0.39, 0.29) is 12.5 Å². The lowest BCUT2D eigenvalue weighted by Gasteiger charge is -2.08. The fraction of sp³-hybridized carbons (Fsp3) is 0.400. The summed E-state index contributed by atoms with van der Waals surface area (Å²) in [7, 11) is 1.63. The van der Waals surface area contributed by atoms with E-state index in [0.717, 1.165) is 11.3 Å². The van der Waals surface area contributed by atoms with Crippen molar-refractivity contribution in [1.82, 2.24) is 5.32 Å². The number of benzene rings is 1. The molecule has 108 valence electrons. The van der Waals surface area contributed by atoms with E-state index in [2.05, 4.69) is 16.6 Å². The lowest BCUT2D eigenvalue weighted by Crippen LogP contribution is -2.28. The largest absolute Gasteiger partial charge is 0.382 e. The van der Waals surface area contributed by atoms with E-state index in [1.54, 1.807) is 7.11 Å². The number of nitrogens with one attached hydrogen (secondary N) is 2. The van der Waals surface area contributed by atoms with Gasteiger partial charge in [0.25, 0.3) is 0 Å². The number of anilines is 1. The monoisotopic (exact) mass is 276 g/mol. The van der Waals surface area contributed by atoms with Crippen LogP contribution in [0.25, 0.3) is 0 Å². The lowest BCUT2D eigenvalue weighted by molar-refractivity contribution is -0.115. The molecule has 0 aliphatic heterocycles. The Morgan fingerprint density at radius 2 is 2.25 bits per heavy atom. The molecule has 0 aliphatic rings. The van der Waals surface area contributed by atoms with Gasteiger partial charge in [-0.2, -0.15) is 0 Å². The molecular formula is C15H20N2O3. The molecule has 5 nitrogen and oxygen atoms in total. The molecular weight excluding hydrogens is 256 g/mol. The topological polar surface area (TPSA) is 59.6 Å². The second-order valence-corrected chi connectivity index (χ2v) is 4.10. The Labute approximate surface area is 119 Å². The van der Waals surface area contributed by atoms with Gasteiger partial charge in [-0.05, 0) is 17.7 Å². The Morgan fingerprint density at radius 1 is 1.40 bits per heavy atom. The molecule has 0 aliphatic carbocycles. The highest BCUT2D eigenvalue weighted by atomic mass is 16.5. The summed E-state index contributed by atoms with van der Waals surface area (Å²) < 4.78 is 10.3. The van der Waals surface area contributed by atoms with E-state index in [0.29, 0.717) is 26.4 Å². The number of hydrogen-bond donors (Lipinski definition) is 2. The van der Waals surface area contributed by atoms with Crippen LogP contribution in [-0.2, 0) is 20.9 Å². The van der Waals surface area contributed by atoms with Gasteiger partial charge in [0.1, 0.15) is 0 Å².